The third-order valence-electron chi connectivity index (χ3n) is 3.12. The zero-order valence-corrected chi connectivity index (χ0v) is 8.20. The summed E-state index contributed by atoms with van der Waals surface area (Å²) in [5.74, 6) is 1.85. The summed E-state index contributed by atoms with van der Waals surface area (Å²) in [4.78, 5) is 13.7. The van der Waals surface area contributed by atoms with Gasteiger partial charge in [0, 0.05) is 19.5 Å². The van der Waals surface area contributed by atoms with Gasteiger partial charge in [0.1, 0.15) is 0 Å². The quantitative estimate of drug-likeness (QED) is 0.592. The second-order valence-electron chi connectivity index (χ2n) is 4.28. The van der Waals surface area contributed by atoms with Crippen molar-refractivity contribution in [2.45, 2.75) is 26.2 Å². The van der Waals surface area contributed by atoms with Crippen molar-refractivity contribution in [1.82, 2.24) is 4.90 Å². The Labute approximate surface area is 79.6 Å². The number of amides is 1. The minimum Gasteiger partial charge on any atom is -0.339 e. The molecule has 2 heteroatoms. The standard InChI is InChI=1S/C11H17NO/c1-9-7-10(9)8-11(13)12-5-3-2-4-6-12/h2-3,9-10H,4-8H2,1H3. The Hall–Kier alpha value is -0.790. The second-order valence-corrected chi connectivity index (χ2v) is 4.28. The SMILES string of the molecule is CC1CC1CC(=O)N1CC=CCC1. The van der Waals surface area contributed by atoms with Crippen molar-refractivity contribution in [2.24, 2.45) is 11.8 Å². The molecule has 2 aliphatic rings. The van der Waals surface area contributed by atoms with Gasteiger partial charge in [-0.2, -0.15) is 0 Å². The van der Waals surface area contributed by atoms with Crippen molar-refractivity contribution >= 4 is 5.91 Å². The average molecular weight is 179 g/mol. The predicted octanol–water partition coefficient (Wildman–Crippen LogP) is 1.82. The molecule has 2 unspecified atom stereocenters. The molecule has 1 amide bonds. The first kappa shape index (κ1) is 8.79. The van der Waals surface area contributed by atoms with Crippen LogP contribution in [0.1, 0.15) is 26.2 Å². The van der Waals surface area contributed by atoms with Crippen molar-refractivity contribution in [2.75, 3.05) is 13.1 Å². The van der Waals surface area contributed by atoms with Crippen molar-refractivity contribution < 1.29 is 4.79 Å². The summed E-state index contributed by atoms with van der Waals surface area (Å²) in [7, 11) is 0. The van der Waals surface area contributed by atoms with Crippen LogP contribution in [0.5, 0.6) is 0 Å². The fraction of sp³-hybridized carbons (Fsp3) is 0.727. The highest BCUT2D eigenvalue weighted by Gasteiger charge is 2.35. The number of carbonyl (C=O) groups excluding carboxylic acids is 1. The molecule has 72 valence electrons. The predicted molar refractivity (Wildman–Crippen MR) is 52.2 cm³/mol. The highest BCUT2D eigenvalue weighted by atomic mass is 16.2. The zero-order valence-electron chi connectivity index (χ0n) is 8.20. The third-order valence-corrected chi connectivity index (χ3v) is 3.12. The van der Waals surface area contributed by atoms with Gasteiger partial charge in [0.25, 0.3) is 0 Å². The molecule has 2 nitrogen and oxygen atoms in total. The molecule has 1 fully saturated rings. The van der Waals surface area contributed by atoms with E-state index in [1.807, 2.05) is 4.90 Å². The molecular formula is C11H17NO. The van der Waals surface area contributed by atoms with Gasteiger partial charge in [-0.25, -0.2) is 0 Å². The lowest BCUT2D eigenvalue weighted by molar-refractivity contribution is -0.131. The molecule has 0 aromatic rings. The minimum atomic E-state index is 0.360. The number of carbonyl (C=O) groups is 1. The molecule has 0 spiro atoms. The molecule has 2 atom stereocenters. The van der Waals surface area contributed by atoms with Crippen LogP contribution in [0.4, 0.5) is 0 Å². The summed E-state index contributed by atoms with van der Waals surface area (Å²) < 4.78 is 0. The Morgan fingerprint density at radius 3 is 2.85 bits per heavy atom. The molecule has 0 aromatic heterocycles. The van der Waals surface area contributed by atoms with Crippen LogP contribution in [0.15, 0.2) is 12.2 Å². The second kappa shape index (κ2) is 3.52. The van der Waals surface area contributed by atoms with E-state index < -0.39 is 0 Å². The number of hydrogen-bond donors (Lipinski definition) is 0. The molecule has 1 saturated carbocycles. The van der Waals surface area contributed by atoms with E-state index in [1.165, 1.54) is 6.42 Å². The van der Waals surface area contributed by atoms with Gasteiger partial charge in [0.2, 0.25) is 5.91 Å². The van der Waals surface area contributed by atoms with Gasteiger partial charge in [-0.1, -0.05) is 19.1 Å². The first-order valence-corrected chi connectivity index (χ1v) is 5.20. The normalized spacial score (nSPS) is 31.9. The molecule has 13 heavy (non-hydrogen) atoms. The van der Waals surface area contributed by atoms with Crippen LogP contribution in [-0.2, 0) is 4.79 Å². The van der Waals surface area contributed by atoms with Crippen molar-refractivity contribution in [1.29, 1.82) is 0 Å². The highest BCUT2D eigenvalue weighted by Crippen LogP contribution is 2.40. The average Bonchev–Trinajstić information content (AvgIpc) is 2.83. The minimum absolute atomic E-state index is 0.360. The van der Waals surface area contributed by atoms with Crippen LogP contribution in [0.25, 0.3) is 0 Å². The maximum atomic E-state index is 11.7. The summed E-state index contributed by atoms with van der Waals surface area (Å²) >= 11 is 0. The zero-order chi connectivity index (χ0) is 9.26. The van der Waals surface area contributed by atoms with Gasteiger partial charge in [-0.15, -0.1) is 0 Å². The first-order chi connectivity index (χ1) is 6.27. The number of hydrogen-bond acceptors (Lipinski definition) is 1. The Kier molecular flexibility index (Phi) is 2.38. The summed E-state index contributed by atoms with van der Waals surface area (Å²) in [5.41, 5.74) is 0. The van der Waals surface area contributed by atoms with E-state index in [1.54, 1.807) is 0 Å². The van der Waals surface area contributed by atoms with Gasteiger partial charge in [-0.3, -0.25) is 4.79 Å². The van der Waals surface area contributed by atoms with E-state index in [0.29, 0.717) is 11.8 Å². The molecule has 0 radical (unpaired) electrons. The first-order valence-electron chi connectivity index (χ1n) is 5.20. The number of nitrogens with zero attached hydrogens (tertiary/aromatic N) is 1. The Bertz CT molecular complexity index is 234. The summed E-state index contributed by atoms with van der Waals surface area (Å²) in [6, 6.07) is 0. The molecule has 0 bridgehead atoms. The van der Waals surface area contributed by atoms with E-state index in [-0.39, 0.29) is 0 Å². The molecule has 0 saturated heterocycles. The fourth-order valence-corrected chi connectivity index (χ4v) is 1.90. The molecule has 0 N–H and O–H groups in total. The van der Waals surface area contributed by atoms with E-state index in [0.717, 1.165) is 31.8 Å². The van der Waals surface area contributed by atoms with Crippen molar-refractivity contribution in [3.63, 3.8) is 0 Å². The van der Waals surface area contributed by atoms with Gasteiger partial charge >= 0.3 is 0 Å². The molecule has 1 aliphatic carbocycles. The lowest BCUT2D eigenvalue weighted by atomic mass is 10.2. The maximum Gasteiger partial charge on any atom is 0.223 e. The smallest absolute Gasteiger partial charge is 0.223 e. The lowest BCUT2D eigenvalue weighted by Gasteiger charge is -2.23. The largest absolute Gasteiger partial charge is 0.339 e. The molecule has 0 aromatic carbocycles. The van der Waals surface area contributed by atoms with E-state index >= 15 is 0 Å². The van der Waals surface area contributed by atoms with Crippen molar-refractivity contribution in [3.8, 4) is 0 Å². The van der Waals surface area contributed by atoms with Crippen LogP contribution < -0.4 is 0 Å². The van der Waals surface area contributed by atoms with E-state index in [2.05, 4.69) is 19.1 Å². The van der Waals surface area contributed by atoms with Gasteiger partial charge < -0.3 is 4.90 Å². The maximum absolute atomic E-state index is 11.7. The van der Waals surface area contributed by atoms with Gasteiger partial charge in [0.15, 0.2) is 0 Å². The van der Waals surface area contributed by atoms with Crippen LogP contribution >= 0.6 is 0 Å². The summed E-state index contributed by atoms with van der Waals surface area (Å²) in [6.07, 6.45) is 7.33. The molecule has 1 heterocycles. The summed E-state index contributed by atoms with van der Waals surface area (Å²) in [6.45, 7) is 3.99. The Morgan fingerprint density at radius 1 is 1.54 bits per heavy atom. The number of rotatable bonds is 2. The molecule has 2 rings (SSSR count). The topological polar surface area (TPSA) is 20.3 Å². The molecular weight excluding hydrogens is 162 g/mol. The third kappa shape index (κ3) is 2.11. The Balaban J connectivity index is 1.79. The van der Waals surface area contributed by atoms with Crippen LogP contribution in [0.3, 0.4) is 0 Å². The van der Waals surface area contributed by atoms with Crippen molar-refractivity contribution in [3.05, 3.63) is 12.2 Å². The van der Waals surface area contributed by atoms with Crippen LogP contribution in [-0.4, -0.2) is 23.9 Å². The lowest BCUT2D eigenvalue weighted by Crippen LogP contribution is -2.33. The van der Waals surface area contributed by atoms with Crippen LogP contribution in [0.2, 0.25) is 0 Å². The fourth-order valence-electron chi connectivity index (χ4n) is 1.90. The van der Waals surface area contributed by atoms with Crippen LogP contribution in [0, 0.1) is 11.8 Å². The summed E-state index contributed by atoms with van der Waals surface area (Å²) in [5, 5.41) is 0. The highest BCUT2D eigenvalue weighted by molar-refractivity contribution is 5.77. The van der Waals surface area contributed by atoms with Gasteiger partial charge in [-0.05, 0) is 24.7 Å². The van der Waals surface area contributed by atoms with E-state index in [4.69, 9.17) is 0 Å². The Morgan fingerprint density at radius 2 is 2.31 bits per heavy atom. The monoisotopic (exact) mass is 179 g/mol. The van der Waals surface area contributed by atoms with Gasteiger partial charge in [0.05, 0.1) is 0 Å². The molecule has 1 aliphatic heterocycles. The van der Waals surface area contributed by atoms with E-state index in [9.17, 15) is 4.79 Å².